The molecule has 4 rings (SSSR count). The topological polar surface area (TPSA) is 113 Å². The number of hydrogen-bond acceptors (Lipinski definition) is 5. The Bertz CT molecular complexity index is 1400. The second-order valence-electron chi connectivity index (χ2n) is 7.54. The number of carbonyl (C=O) groups excluding carboxylic acids is 3. The Morgan fingerprint density at radius 2 is 1.61 bits per heavy atom. The number of carboxylic acids is 1. The number of benzene rings is 3. The van der Waals surface area contributed by atoms with Crippen molar-refractivity contribution < 1.29 is 29.0 Å². The molecule has 0 spiro atoms. The number of ether oxygens (including phenoxy) is 1. The van der Waals surface area contributed by atoms with Crippen molar-refractivity contribution >= 4 is 96.7 Å². The van der Waals surface area contributed by atoms with Crippen LogP contribution in [0.2, 0.25) is 0 Å². The molecule has 0 radical (unpaired) electrons. The minimum absolute atomic E-state index is 0.170. The number of barbiturate groups is 1. The average Bonchev–Trinajstić information content (AvgIpc) is 2.82. The quantitative estimate of drug-likeness (QED) is 0.192. The largest absolute Gasteiger partial charge is 0.487 e. The van der Waals surface area contributed by atoms with Gasteiger partial charge in [-0.25, -0.2) is 14.5 Å². The summed E-state index contributed by atoms with van der Waals surface area (Å²) in [5, 5.41) is 11.2. The van der Waals surface area contributed by atoms with Gasteiger partial charge in [-0.15, -0.1) is 0 Å². The minimum Gasteiger partial charge on any atom is -0.487 e. The monoisotopic (exact) mass is 772 g/mol. The van der Waals surface area contributed by atoms with Crippen molar-refractivity contribution in [1.82, 2.24) is 5.32 Å². The van der Waals surface area contributed by atoms with E-state index in [1.165, 1.54) is 18.2 Å². The number of hydrogen-bond donors (Lipinski definition) is 2. The Hall–Kier alpha value is -2.78. The van der Waals surface area contributed by atoms with Crippen LogP contribution in [0.15, 0.2) is 70.7 Å². The summed E-state index contributed by atoms with van der Waals surface area (Å²) in [6, 6.07) is 15.7. The highest BCUT2D eigenvalue weighted by molar-refractivity contribution is 14.1. The molecule has 3 aromatic rings. The molecule has 0 atom stereocenters. The smallest absolute Gasteiger partial charge is 0.335 e. The van der Waals surface area contributed by atoms with E-state index in [1.807, 2.05) is 0 Å². The number of nitrogens with zero attached hydrogens (tertiary/aromatic N) is 1. The maximum absolute atomic E-state index is 13.1. The molecule has 1 fully saturated rings. The van der Waals surface area contributed by atoms with Gasteiger partial charge in [-0.05, 0) is 111 Å². The number of amides is 4. The minimum atomic E-state index is -0.995. The van der Waals surface area contributed by atoms with E-state index in [0.717, 1.165) is 22.1 Å². The van der Waals surface area contributed by atoms with Gasteiger partial charge in [0.2, 0.25) is 0 Å². The van der Waals surface area contributed by atoms with E-state index in [0.29, 0.717) is 17.0 Å². The van der Waals surface area contributed by atoms with Crippen molar-refractivity contribution in [3.63, 3.8) is 0 Å². The van der Waals surface area contributed by atoms with Crippen LogP contribution in [0.3, 0.4) is 0 Å². The maximum atomic E-state index is 13.1. The molecule has 3 aromatic carbocycles. The van der Waals surface area contributed by atoms with E-state index in [-0.39, 0.29) is 17.7 Å². The summed E-state index contributed by atoms with van der Waals surface area (Å²) in [6.45, 7) is 0.234. The Labute approximate surface area is 241 Å². The van der Waals surface area contributed by atoms with Gasteiger partial charge in [0.25, 0.3) is 11.8 Å². The Kier molecular flexibility index (Phi) is 8.10. The van der Waals surface area contributed by atoms with Gasteiger partial charge in [-0.3, -0.25) is 14.9 Å². The molecule has 0 aromatic heterocycles. The summed E-state index contributed by atoms with van der Waals surface area (Å²) in [4.78, 5) is 49.9. The van der Waals surface area contributed by atoms with Crippen LogP contribution in [-0.4, -0.2) is 28.9 Å². The molecule has 36 heavy (non-hydrogen) atoms. The zero-order chi connectivity index (χ0) is 26.0. The maximum Gasteiger partial charge on any atom is 0.335 e. The zero-order valence-corrected chi connectivity index (χ0v) is 24.0. The lowest BCUT2D eigenvalue weighted by atomic mass is 10.1. The molecule has 1 aliphatic heterocycles. The van der Waals surface area contributed by atoms with Crippen LogP contribution in [0.25, 0.3) is 6.08 Å². The van der Waals surface area contributed by atoms with E-state index in [4.69, 9.17) is 9.84 Å². The van der Waals surface area contributed by atoms with Gasteiger partial charge in [0.1, 0.15) is 17.9 Å². The van der Waals surface area contributed by atoms with Crippen LogP contribution in [0.5, 0.6) is 5.75 Å². The summed E-state index contributed by atoms with van der Waals surface area (Å²) < 4.78 is 8.23. The third-order valence-corrected chi connectivity index (χ3v) is 7.23. The van der Waals surface area contributed by atoms with Crippen molar-refractivity contribution in [2.75, 3.05) is 4.90 Å². The normalized spacial score (nSPS) is 14.7. The average molecular weight is 773 g/mol. The van der Waals surface area contributed by atoms with Crippen molar-refractivity contribution in [3.8, 4) is 5.75 Å². The number of nitrogens with one attached hydrogen (secondary N) is 1. The van der Waals surface area contributed by atoms with Crippen molar-refractivity contribution in [1.29, 1.82) is 0 Å². The first-order chi connectivity index (χ1) is 17.1. The second-order valence-corrected chi connectivity index (χ2v) is 10.8. The van der Waals surface area contributed by atoms with Crippen LogP contribution in [-0.2, 0) is 16.2 Å². The van der Waals surface area contributed by atoms with Crippen LogP contribution < -0.4 is 15.0 Å². The number of halogens is 3. The zero-order valence-electron chi connectivity index (χ0n) is 18.1. The van der Waals surface area contributed by atoms with E-state index in [2.05, 4.69) is 66.4 Å². The SMILES string of the molecule is O=C1NC(=O)N(c2ccc(Br)cc2)C(=O)/C1=C/c1cc(I)c(OCc2ccc(C(=O)O)cc2)c(I)c1. The van der Waals surface area contributed by atoms with Gasteiger partial charge in [-0.2, -0.15) is 0 Å². The summed E-state index contributed by atoms with van der Waals surface area (Å²) in [6.07, 6.45) is 1.44. The number of aromatic carboxylic acids is 1. The first-order valence-corrected chi connectivity index (χ1v) is 13.2. The van der Waals surface area contributed by atoms with Gasteiger partial charge in [-0.1, -0.05) is 28.1 Å². The molecule has 0 saturated carbocycles. The Morgan fingerprint density at radius 1 is 1.00 bits per heavy atom. The Morgan fingerprint density at radius 3 is 2.19 bits per heavy atom. The molecular weight excluding hydrogens is 758 g/mol. The summed E-state index contributed by atoms with van der Waals surface area (Å²) in [7, 11) is 0. The van der Waals surface area contributed by atoms with Gasteiger partial charge in [0.15, 0.2) is 0 Å². The van der Waals surface area contributed by atoms with E-state index in [1.54, 1.807) is 48.5 Å². The Balaban J connectivity index is 1.57. The number of carbonyl (C=O) groups is 4. The first kappa shape index (κ1) is 26.3. The molecule has 0 bridgehead atoms. The summed E-state index contributed by atoms with van der Waals surface area (Å²) in [5.74, 6) is -1.87. The lowest BCUT2D eigenvalue weighted by molar-refractivity contribution is -0.122. The lowest BCUT2D eigenvalue weighted by Crippen LogP contribution is -2.54. The predicted molar refractivity (Wildman–Crippen MR) is 153 cm³/mol. The number of rotatable bonds is 6. The fourth-order valence-corrected chi connectivity index (χ4v) is 5.74. The molecule has 4 amide bonds. The van der Waals surface area contributed by atoms with E-state index >= 15 is 0 Å². The molecule has 0 aliphatic carbocycles. The van der Waals surface area contributed by atoms with Gasteiger partial charge < -0.3 is 9.84 Å². The summed E-state index contributed by atoms with van der Waals surface area (Å²) >= 11 is 7.52. The summed E-state index contributed by atoms with van der Waals surface area (Å²) in [5.41, 5.74) is 1.76. The number of anilines is 1. The fraction of sp³-hybridized carbons (Fsp3) is 0.0400. The highest BCUT2D eigenvalue weighted by atomic mass is 127. The molecule has 2 N–H and O–H groups in total. The van der Waals surface area contributed by atoms with Crippen LogP contribution >= 0.6 is 61.1 Å². The lowest BCUT2D eigenvalue weighted by Gasteiger charge is -2.26. The van der Waals surface area contributed by atoms with Crippen LogP contribution in [0, 0.1) is 7.14 Å². The van der Waals surface area contributed by atoms with Gasteiger partial charge in [0, 0.05) is 4.47 Å². The van der Waals surface area contributed by atoms with E-state index < -0.39 is 23.8 Å². The van der Waals surface area contributed by atoms with Crippen molar-refractivity contribution in [2.24, 2.45) is 0 Å². The molecule has 1 aliphatic rings. The molecule has 11 heteroatoms. The third-order valence-electron chi connectivity index (χ3n) is 5.10. The molecular formula is C25H15BrI2N2O6. The fourth-order valence-electron chi connectivity index (χ4n) is 3.35. The van der Waals surface area contributed by atoms with E-state index in [9.17, 15) is 19.2 Å². The number of imide groups is 2. The second kappa shape index (κ2) is 11.1. The molecule has 182 valence electrons. The van der Waals surface area contributed by atoms with Crippen LogP contribution in [0.1, 0.15) is 21.5 Å². The number of carboxylic acid groups (broad SMARTS) is 1. The highest BCUT2D eigenvalue weighted by Crippen LogP contribution is 2.31. The van der Waals surface area contributed by atoms with Crippen molar-refractivity contribution in [3.05, 3.63) is 94.5 Å². The highest BCUT2D eigenvalue weighted by Gasteiger charge is 2.36. The third kappa shape index (κ3) is 5.78. The molecule has 8 nitrogen and oxygen atoms in total. The van der Waals surface area contributed by atoms with Gasteiger partial charge in [0.05, 0.1) is 18.4 Å². The molecule has 1 saturated heterocycles. The molecule has 0 unspecified atom stereocenters. The van der Waals surface area contributed by atoms with Gasteiger partial charge >= 0.3 is 12.0 Å². The number of urea groups is 1. The van der Waals surface area contributed by atoms with Crippen molar-refractivity contribution in [2.45, 2.75) is 6.61 Å². The standard InChI is InChI=1S/C25H15BrI2N2O6/c26-16-5-7-17(8-6-16)30-23(32)18(22(31)29-25(30)35)9-14-10-19(27)21(20(28)11-14)36-12-13-1-3-15(4-2-13)24(33)34/h1-11H,12H2,(H,33,34)(H,29,31,35)/b18-9+. The first-order valence-electron chi connectivity index (χ1n) is 10.2. The predicted octanol–water partition coefficient (Wildman–Crippen LogP) is 5.60. The molecule has 1 heterocycles. The van der Waals surface area contributed by atoms with Crippen LogP contribution in [0.4, 0.5) is 10.5 Å².